The van der Waals surface area contributed by atoms with Gasteiger partial charge in [-0.3, -0.25) is 0 Å². The second-order valence-corrected chi connectivity index (χ2v) is 7.64. The summed E-state index contributed by atoms with van der Waals surface area (Å²) in [7, 11) is -3.55. The van der Waals surface area contributed by atoms with Gasteiger partial charge in [-0.1, -0.05) is 26.0 Å². The lowest BCUT2D eigenvalue weighted by Gasteiger charge is -2.11. The molecule has 0 aliphatic carbocycles. The lowest BCUT2D eigenvalue weighted by Crippen LogP contribution is -2.28. The van der Waals surface area contributed by atoms with Crippen LogP contribution in [0.5, 0.6) is 11.5 Å². The molecule has 0 atom stereocenters. The van der Waals surface area contributed by atoms with E-state index in [0.29, 0.717) is 18.3 Å². The van der Waals surface area contributed by atoms with Crippen LogP contribution in [0.2, 0.25) is 0 Å². The van der Waals surface area contributed by atoms with Gasteiger partial charge in [-0.2, -0.15) is 0 Å². The van der Waals surface area contributed by atoms with E-state index >= 15 is 0 Å². The molecule has 0 unspecified atom stereocenters. The summed E-state index contributed by atoms with van der Waals surface area (Å²) in [5, 5.41) is 0. The molecule has 0 saturated carbocycles. The Morgan fingerprint density at radius 1 is 1.00 bits per heavy atom. The molecule has 1 N–H and O–H groups in total. The number of rotatable bonds is 9. The van der Waals surface area contributed by atoms with Crippen LogP contribution in [0.15, 0.2) is 53.4 Å². The van der Waals surface area contributed by atoms with Crippen LogP contribution in [0.4, 0.5) is 0 Å². The van der Waals surface area contributed by atoms with Crippen LogP contribution in [-0.4, -0.2) is 28.2 Å². The van der Waals surface area contributed by atoms with Crippen molar-refractivity contribution in [2.24, 2.45) is 0 Å². The van der Waals surface area contributed by atoms with Crippen LogP contribution in [0.1, 0.15) is 32.3 Å². The summed E-state index contributed by atoms with van der Waals surface area (Å²) >= 11 is 0. The SMILES string of the molecule is CCOc1ccc(S(=O)(=O)NCCOc2cccc(C(C)C)c2)cc1. The van der Waals surface area contributed by atoms with Crippen molar-refractivity contribution in [2.75, 3.05) is 19.8 Å². The molecular weight excluding hydrogens is 338 g/mol. The molecule has 0 aliphatic heterocycles. The molecule has 25 heavy (non-hydrogen) atoms. The van der Waals surface area contributed by atoms with Gasteiger partial charge < -0.3 is 9.47 Å². The van der Waals surface area contributed by atoms with E-state index < -0.39 is 10.0 Å². The lowest BCUT2D eigenvalue weighted by molar-refractivity contribution is 0.322. The van der Waals surface area contributed by atoms with E-state index in [1.54, 1.807) is 12.1 Å². The molecule has 136 valence electrons. The average molecular weight is 363 g/mol. The fourth-order valence-corrected chi connectivity index (χ4v) is 3.29. The minimum Gasteiger partial charge on any atom is -0.494 e. The summed E-state index contributed by atoms with van der Waals surface area (Å²) in [6.45, 7) is 7.11. The summed E-state index contributed by atoms with van der Waals surface area (Å²) in [5.41, 5.74) is 1.19. The standard InChI is InChI=1S/C19H25NO4S/c1-4-23-17-8-10-19(11-9-17)25(21,22)20-12-13-24-18-7-5-6-16(14-18)15(2)3/h5-11,14-15,20H,4,12-13H2,1-3H3. The molecule has 0 amide bonds. The molecule has 0 saturated heterocycles. The van der Waals surface area contributed by atoms with Crippen molar-refractivity contribution in [1.82, 2.24) is 4.72 Å². The first kappa shape index (κ1) is 19.3. The summed E-state index contributed by atoms with van der Waals surface area (Å²) < 4.78 is 38.0. The number of hydrogen-bond acceptors (Lipinski definition) is 4. The summed E-state index contributed by atoms with van der Waals surface area (Å²) in [6.07, 6.45) is 0. The van der Waals surface area contributed by atoms with Crippen molar-refractivity contribution in [3.63, 3.8) is 0 Å². The van der Waals surface area contributed by atoms with E-state index in [1.807, 2.05) is 31.2 Å². The fourth-order valence-electron chi connectivity index (χ4n) is 2.27. The van der Waals surface area contributed by atoms with Crippen LogP contribution in [0.25, 0.3) is 0 Å². The van der Waals surface area contributed by atoms with Crippen LogP contribution >= 0.6 is 0 Å². The van der Waals surface area contributed by atoms with Crippen LogP contribution in [0.3, 0.4) is 0 Å². The quantitative estimate of drug-likeness (QED) is 0.692. The molecule has 0 fully saturated rings. The van der Waals surface area contributed by atoms with Crippen molar-refractivity contribution < 1.29 is 17.9 Å². The second kappa shape index (κ2) is 8.87. The number of benzene rings is 2. The van der Waals surface area contributed by atoms with Gasteiger partial charge in [-0.15, -0.1) is 0 Å². The third-order valence-corrected chi connectivity index (χ3v) is 5.11. The zero-order valence-electron chi connectivity index (χ0n) is 14.9. The first-order valence-electron chi connectivity index (χ1n) is 8.37. The number of ether oxygens (including phenoxy) is 2. The molecule has 0 bridgehead atoms. The van der Waals surface area contributed by atoms with Gasteiger partial charge in [0.2, 0.25) is 10.0 Å². The molecule has 2 aromatic rings. The molecule has 6 heteroatoms. The number of sulfonamides is 1. The van der Waals surface area contributed by atoms with Gasteiger partial charge in [-0.25, -0.2) is 13.1 Å². The van der Waals surface area contributed by atoms with Crippen molar-refractivity contribution in [3.05, 3.63) is 54.1 Å². The van der Waals surface area contributed by atoms with E-state index in [1.165, 1.54) is 17.7 Å². The monoisotopic (exact) mass is 363 g/mol. The Bertz CT molecular complexity index is 770. The third-order valence-electron chi connectivity index (χ3n) is 3.63. The first-order valence-corrected chi connectivity index (χ1v) is 9.86. The van der Waals surface area contributed by atoms with Crippen LogP contribution < -0.4 is 14.2 Å². The fraction of sp³-hybridized carbons (Fsp3) is 0.368. The Morgan fingerprint density at radius 3 is 2.36 bits per heavy atom. The predicted molar refractivity (Wildman–Crippen MR) is 98.8 cm³/mol. The molecule has 2 rings (SSSR count). The molecule has 0 aromatic heterocycles. The van der Waals surface area contributed by atoms with Crippen LogP contribution in [0, 0.1) is 0 Å². The van der Waals surface area contributed by atoms with Gasteiger partial charge in [0.1, 0.15) is 18.1 Å². The minimum absolute atomic E-state index is 0.196. The van der Waals surface area contributed by atoms with E-state index in [2.05, 4.69) is 18.6 Å². The Hall–Kier alpha value is -2.05. The molecule has 0 spiro atoms. The maximum Gasteiger partial charge on any atom is 0.240 e. The highest BCUT2D eigenvalue weighted by atomic mass is 32.2. The van der Waals surface area contributed by atoms with Gasteiger partial charge in [0.25, 0.3) is 0 Å². The van der Waals surface area contributed by atoms with Gasteiger partial charge >= 0.3 is 0 Å². The highest BCUT2D eigenvalue weighted by Crippen LogP contribution is 2.20. The highest BCUT2D eigenvalue weighted by molar-refractivity contribution is 7.89. The van der Waals surface area contributed by atoms with Gasteiger partial charge in [-0.05, 0) is 54.8 Å². The van der Waals surface area contributed by atoms with Crippen molar-refractivity contribution in [1.29, 1.82) is 0 Å². The van der Waals surface area contributed by atoms with Gasteiger partial charge in [0.05, 0.1) is 11.5 Å². The zero-order valence-corrected chi connectivity index (χ0v) is 15.7. The molecule has 0 heterocycles. The largest absolute Gasteiger partial charge is 0.494 e. The van der Waals surface area contributed by atoms with E-state index in [0.717, 1.165) is 5.75 Å². The normalized spacial score (nSPS) is 11.5. The topological polar surface area (TPSA) is 64.6 Å². The average Bonchev–Trinajstić information content (AvgIpc) is 2.60. The molecule has 0 radical (unpaired) electrons. The van der Waals surface area contributed by atoms with E-state index in [4.69, 9.17) is 9.47 Å². The van der Waals surface area contributed by atoms with Gasteiger partial charge in [0.15, 0.2) is 0 Å². The Morgan fingerprint density at radius 2 is 1.72 bits per heavy atom. The van der Waals surface area contributed by atoms with E-state index in [9.17, 15) is 8.42 Å². The van der Waals surface area contributed by atoms with Crippen molar-refractivity contribution >= 4 is 10.0 Å². The minimum atomic E-state index is -3.55. The molecule has 0 aliphatic rings. The number of nitrogens with one attached hydrogen (secondary N) is 1. The van der Waals surface area contributed by atoms with Crippen molar-refractivity contribution in [2.45, 2.75) is 31.6 Å². The Balaban J connectivity index is 1.87. The Labute approximate surface area is 150 Å². The summed E-state index contributed by atoms with van der Waals surface area (Å²) in [4.78, 5) is 0.206. The van der Waals surface area contributed by atoms with Crippen LogP contribution in [-0.2, 0) is 10.0 Å². The summed E-state index contributed by atoms with van der Waals surface area (Å²) in [6, 6.07) is 14.2. The predicted octanol–water partition coefficient (Wildman–Crippen LogP) is 3.57. The molecular formula is C19H25NO4S. The van der Waals surface area contributed by atoms with Gasteiger partial charge in [0, 0.05) is 6.54 Å². The highest BCUT2D eigenvalue weighted by Gasteiger charge is 2.13. The second-order valence-electron chi connectivity index (χ2n) is 5.88. The molecule has 2 aromatic carbocycles. The number of hydrogen-bond donors (Lipinski definition) is 1. The lowest BCUT2D eigenvalue weighted by atomic mass is 10.0. The maximum atomic E-state index is 12.2. The Kier molecular flexibility index (Phi) is 6.84. The van der Waals surface area contributed by atoms with Crippen molar-refractivity contribution in [3.8, 4) is 11.5 Å². The summed E-state index contributed by atoms with van der Waals surface area (Å²) in [5.74, 6) is 1.81. The maximum absolute atomic E-state index is 12.2. The van der Waals surface area contributed by atoms with E-state index in [-0.39, 0.29) is 18.0 Å². The molecule has 5 nitrogen and oxygen atoms in total. The first-order chi connectivity index (χ1) is 11.9. The smallest absolute Gasteiger partial charge is 0.240 e. The third kappa shape index (κ3) is 5.76. The zero-order chi connectivity index (χ0) is 18.3.